The summed E-state index contributed by atoms with van der Waals surface area (Å²) in [6, 6.07) is 39.3. The third kappa shape index (κ3) is 4.50. The van der Waals surface area contributed by atoms with E-state index in [1.807, 2.05) is 72.8 Å². The summed E-state index contributed by atoms with van der Waals surface area (Å²) in [5.41, 5.74) is 7.25. The SMILES string of the molecule is [2H]c1c([2H])c([2H])c(N(c2ccccc2C#N)c2ccc3c4cc5c(cc4n4c6ccccc6c2c34)c2ccc(N(c3ccccc3[N+]#[C-])c3c([2H])c([2H])c([2H])c([2H])c3[2H])c3c4ccccc4n5c23)c([2H])c1[2H]. The Morgan fingerprint density at radius 3 is 1.47 bits per heavy atom. The number of para-hydroxylation sites is 7. The summed E-state index contributed by atoms with van der Waals surface area (Å²) in [5, 5.41) is 17.3. The number of hydrogen-bond donors (Lipinski definition) is 0. The zero-order valence-corrected chi connectivity index (χ0v) is 32.4. The minimum Gasteiger partial charge on any atom is -0.320 e. The standard InChI is InChI=1S/C56H32N6/c1-58-44-23-11-15-27-48(44)60(37-19-6-3-7-20-37)50-31-29-39-43-33-51-42(32-52(43)62-47-26-14-10-22-41(47)54(50)56(39)62)38-28-30-49(53-40-21-9-13-25-46(40)61(51)55(38)53)59(36-17-4-2-5-18-36)45-24-12-8-16-35(45)34-57/h2-33H/i2D,3D,4D,5D,6D,7D,17D,18D,19D,20D. The highest BCUT2D eigenvalue weighted by atomic mass is 15.2. The maximum absolute atomic E-state index is 10.5. The van der Waals surface area contributed by atoms with Gasteiger partial charge in [0.1, 0.15) is 6.07 Å². The summed E-state index contributed by atoms with van der Waals surface area (Å²) in [4.78, 5) is 7.08. The molecule has 0 unspecified atom stereocenters. The fraction of sp³-hybridized carbons (Fsp3) is 0. The molecule has 13 rings (SSSR count). The highest BCUT2D eigenvalue weighted by Gasteiger charge is 2.28. The lowest BCUT2D eigenvalue weighted by atomic mass is 10.0. The smallest absolute Gasteiger partial charge is 0.210 e. The Morgan fingerprint density at radius 1 is 0.468 bits per heavy atom. The first kappa shape index (κ1) is 25.6. The molecule has 0 spiro atoms. The molecule has 286 valence electrons. The molecule has 9 aromatic carbocycles. The third-order valence-electron chi connectivity index (χ3n) is 12.2. The van der Waals surface area contributed by atoms with E-state index in [2.05, 4.69) is 31.8 Å². The molecule has 0 amide bonds. The first-order valence-electron chi connectivity index (χ1n) is 24.9. The predicted octanol–water partition coefficient (Wildman–Crippen LogP) is 15.3. The second-order valence-corrected chi connectivity index (χ2v) is 15.2. The summed E-state index contributed by atoms with van der Waals surface area (Å²) in [7, 11) is 0. The Kier molecular flexibility index (Phi) is 5.30. The summed E-state index contributed by atoms with van der Waals surface area (Å²) in [6.45, 7) is 8.17. The van der Waals surface area contributed by atoms with Crippen LogP contribution >= 0.6 is 0 Å². The van der Waals surface area contributed by atoms with E-state index in [-0.39, 0.29) is 22.6 Å². The minimum absolute atomic E-state index is 0.0838. The zero-order valence-electron chi connectivity index (χ0n) is 42.4. The van der Waals surface area contributed by atoms with Crippen LogP contribution < -0.4 is 9.80 Å². The lowest BCUT2D eigenvalue weighted by Gasteiger charge is -2.27. The Morgan fingerprint density at radius 2 is 0.935 bits per heavy atom. The molecule has 6 nitrogen and oxygen atoms in total. The topological polar surface area (TPSA) is 43.5 Å². The van der Waals surface area contributed by atoms with Crippen molar-refractivity contribution in [2.24, 2.45) is 0 Å². The van der Waals surface area contributed by atoms with Crippen molar-refractivity contribution >= 4 is 116 Å². The molecular formula is C56H32N6. The van der Waals surface area contributed by atoms with Crippen molar-refractivity contribution in [2.45, 2.75) is 0 Å². The van der Waals surface area contributed by atoms with Crippen LogP contribution in [0.2, 0.25) is 0 Å². The van der Waals surface area contributed by atoms with Crippen LogP contribution in [0, 0.1) is 17.9 Å². The molecule has 0 saturated heterocycles. The lowest BCUT2D eigenvalue weighted by molar-refractivity contribution is 1.28. The van der Waals surface area contributed by atoms with Crippen LogP contribution in [0.5, 0.6) is 0 Å². The third-order valence-corrected chi connectivity index (χ3v) is 12.2. The number of nitrogens with zero attached hydrogens (tertiary/aromatic N) is 6. The number of benzene rings is 9. The largest absolute Gasteiger partial charge is 0.320 e. The van der Waals surface area contributed by atoms with Crippen LogP contribution in [-0.4, -0.2) is 8.80 Å². The first-order chi connectivity index (χ1) is 34.9. The van der Waals surface area contributed by atoms with E-state index < -0.39 is 60.4 Å². The highest BCUT2D eigenvalue weighted by molar-refractivity contribution is 6.32. The molecular weight excluding hydrogens is 757 g/mol. The normalized spacial score (nSPS) is 14.1. The van der Waals surface area contributed by atoms with E-state index in [1.165, 1.54) is 0 Å². The van der Waals surface area contributed by atoms with Gasteiger partial charge in [0.25, 0.3) is 0 Å². The van der Waals surface area contributed by atoms with Gasteiger partial charge in [0, 0.05) is 54.5 Å². The van der Waals surface area contributed by atoms with Crippen molar-refractivity contribution in [1.29, 1.82) is 5.26 Å². The highest BCUT2D eigenvalue weighted by Crippen LogP contribution is 2.52. The molecule has 0 radical (unpaired) electrons. The van der Waals surface area contributed by atoms with Gasteiger partial charge in [-0.3, -0.25) is 0 Å². The number of fused-ring (bicyclic) bond motifs is 12. The monoisotopic (exact) mass is 798 g/mol. The number of nitriles is 1. The molecule has 0 fully saturated rings. The molecule has 13 aromatic rings. The molecule has 0 N–H and O–H groups in total. The van der Waals surface area contributed by atoms with Gasteiger partial charge in [-0.1, -0.05) is 115 Å². The minimum atomic E-state index is -0.525. The molecule has 0 bridgehead atoms. The summed E-state index contributed by atoms with van der Waals surface area (Å²) < 4.78 is 92.8. The van der Waals surface area contributed by atoms with Gasteiger partial charge in [0.2, 0.25) is 5.69 Å². The van der Waals surface area contributed by atoms with E-state index in [4.69, 9.17) is 14.8 Å². The Balaban J connectivity index is 1.14. The van der Waals surface area contributed by atoms with Crippen LogP contribution in [0.15, 0.2) is 194 Å². The van der Waals surface area contributed by atoms with E-state index in [1.54, 1.807) is 58.3 Å². The van der Waals surface area contributed by atoms with Gasteiger partial charge in [-0.25, -0.2) is 4.85 Å². The van der Waals surface area contributed by atoms with Crippen LogP contribution in [0.4, 0.5) is 39.8 Å². The molecule has 0 aliphatic carbocycles. The van der Waals surface area contributed by atoms with Crippen LogP contribution in [0.25, 0.3) is 81.0 Å². The fourth-order valence-corrected chi connectivity index (χ4v) is 9.81. The Hall–Kier alpha value is -8.84. The van der Waals surface area contributed by atoms with E-state index >= 15 is 0 Å². The van der Waals surface area contributed by atoms with Crippen LogP contribution in [0.1, 0.15) is 19.3 Å². The molecule has 4 aromatic heterocycles. The van der Waals surface area contributed by atoms with E-state index in [0.717, 1.165) is 76.2 Å². The number of hydrogen-bond acceptors (Lipinski definition) is 3. The van der Waals surface area contributed by atoms with Crippen molar-refractivity contribution in [1.82, 2.24) is 8.80 Å². The van der Waals surface area contributed by atoms with Gasteiger partial charge in [-0.2, -0.15) is 5.26 Å². The lowest BCUT2D eigenvalue weighted by Crippen LogP contribution is -2.11. The maximum atomic E-state index is 10.5. The van der Waals surface area contributed by atoms with Gasteiger partial charge in [-0.05, 0) is 78.8 Å². The molecule has 0 atom stereocenters. The van der Waals surface area contributed by atoms with Gasteiger partial charge in [0.05, 0.1) is 81.7 Å². The predicted molar refractivity (Wildman–Crippen MR) is 256 cm³/mol. The molecule has 6 heteroatoms. The van der Waals surface area contributed by atoms with Gasteiger partial charge >= 0.3 is 0 Å². The molecule has 4 heterocycles. The fourth-order valence-electron chi connectivity index (χ4n) is 9.81. The maximum Gasteiger partial charge on any atom is 0.210 e. The summed E-state index contributed by atoms with van der Waals surface area (Å²) >= 11 is 0. The van der Waals surface area contributed by atoms with Crippen molar-refractivity contribution < 1.29 is 13.7 Å². The van der Waals surface area contributed by atoms with Crippen LogP contribution in [0.3, 0.4) is 0 Å². The average molecular weight is 799 g/mol. The number of anilines is 6. The van der Waals surface area contributed by atoms with Crippen molar-refractivity contribution in [2.75, 3.05) is 9.80 Å². The second-order valence-electron chi connectivity index (χ2n) is 15.2. The molecule has 0 saturated carbocycles. The van der Waals surface area contributed by atoms with Crippen LogP contribution in [-0.2, 0) is 0 Å². The van der Waals surface area contributed by atoms with Gasteiger partial charge in [0.15, 0.2) is 0 Å². The molecule has 0 aliphatic rings. The number of rotatable bonds is 6. The van der Waals surface area contributed by atoms with Gasteiger partial charge in [-0.15, -0.1) is 0 Å². The van der Waals surface area contributed by atoms with Crippen molar-refractivity contribution in [3.8, 4) is 6.07 Å². The second kappa shape index (κ2) is 12.8. The van der Waals surface area contributed by atoms with E-state index in [0.29, 0.717) is 22.7 Å². The van der Waals surface area contributed by atoms with Crippen molar-refractivity contribution in [3.63, 3.8) is 0 Å². The quantitative estimate of drug-likeness (QED) is 0.157. The summed E-state index contributed by atoms with van der Waals surface area (Å²) in [6.07, 6.45) is 0. The Labute approximate surface area is 369 Å². The number of aromatic nitrogens is 2. The Bertz CT molecular complexity index is 4290. The summed E-state index contributed by atoms with van der Waals surface area (Å²) in [5.74, 6) is 0. The zero-order chi connectivity index (χ0) is 49.8. The average Bonchev–Trinajstić information content (AvgIpc) is 4.14. The van der Waals surface area contributed by atoms with Gasteiger partial charge < -0.3 is 18.6 Å². The molecule has 62 heavy (non-hydrogen) atoms. The van der Waals surface area contributed by atoms with Crippen molar-refractivity contribution in [3.05, 3.63) is 211 Å². The van der Waals surface area contributed by atoms with E-state index in [9.17, 15) is 10.7 Å². The molecule has 0 aliphatic heterocycles. The first-order valence-corrected chi connectivity index (χ1v) is 19.9.